The minimum absolute atomic E-state index is 0.179. The number of nitrogens with one attached hydrogen (secondary N) is 1. The van der Waals surface area contributed by atoms with Gasteiger partial charge in [0.25, 0.3) is 0 Å². The van der Waals surface area contributed by atoms with Crippen LogP contribution >= 0.6 is 0 Å². The Morgan fingerprint density at radius 2 is 2.15 bits per heavy atom. The maximum Gasteiger partial charge on any atom is 0.238 e. The van der Waals surface area contributed by atoms with Crippen LogP contribution in [0.1, 0.15) is 12.0 Å². The lowest BCUT2D eigenvalue weighted by Gasteiger charge is -2.02. The number of carbonyl (C=O) groups is 1. The Kier molecular flexibility index (Phi) is 1.04. The molecule has 0 radical (unpaired) electrons. The van der Waals surface area contributed by atoms with Gasteiger partial charge in [-0.2, -0.15) is 0 Å². The Balaban J connectivity index is 2.22. The molecule has 0 bridgehead atoms. The van der Waals surface area contributed by atoms with Crippen molar-refractivity contribution in [2.24, 2.45) is 0 Å². The van der Waals surface area contributed by atoms with Gasteiger partial charge >= 0.3 is 0 Å². The molecule has 1 amide bonds. The van der Waals surface area contributed by atoms with Crippen molar-refractivity contribution in [2.45, 2.75) is 18.0 Å². The number of para-hydroxylation sites is 1. The van der Waals surface area contributed by atoms with Gasteiger partial charge < -0.3 is 5.32 Å². The van der Waals surface area contributed by atoms with Crippen molar-refractivity contribution in [1.82, 2.24) is 0 Å². The molecule has 0 saturated heterocycles. The number of amides is 1. The van der Waals surface area contributed by atoms with Crippen LogP contribution < -0.4 is 5.32 Å². The molecule has 2 nitrogen and oxygen atoms in total. The molecule has 2 aliphatic rings. The molecule has 1 aromatic rings. The summed E-state index contributed by atoms with van der Waals surface area (Å²) in [5, 5.41) is 2.70. The van der Waals surface area contributed by atoms with E-state index in [1.807, 2.05) is 24.3 Å². The molecular weight excluding hydrogens is 169 g/mol. The van der Waals surface area contributed by atoms with Gasteiger partial charge in [-0.15, -0.1) is 0 Å². The number of hydrogen-bond donors (Lipinski definition) is 1. The van der Waals surface area contributed by atoms with Gasteiger partial charge in [0.2, 0.25) is 5.91 Å². The predicted molar refractivity (Wildman–Crippen MR) is 46.3 cm³/mol. The van der Waals surface area contributed by atoms with E-state index in [0.29, 0.717) is 6.42 Å². The van der Waals surface area contributed by atoms with Gasteiger partial charge in [0.1, 0.15) is 11.6 Å². The highest BCUT2D eigenvalue weighted by molar-refractivity contribution is 6.09. The lowest BCUT2D eigenvalue weighted by molar-refractivity contribution is -0.118. The smallest absolute Gasteiger partial charge is 0.238 e. The molecule has 66 valence electrons. The normalized spacial score (nSPS) is 34.5. The zero-order chi connectivity index (χ0) is 9.05. The topological polar surface area (TPSA) is 29.1 Å². The SMILES string of the molecule is O=C1Nc2ccccc2C12CC2F. The third-order valence-electron chi connectivity index (χ3n) is 2.94. The largest absolute Gasteiger partial charge is 0.325 e. The van der Waals surface area contributed by atoms with E-state index in [4.69, 9.17) is 0 Å². The Labute approximate surface area is 74.8 Å². The summed E-state index contributed by atoms with van der Waals surface area (Å²) < 4.78 is 13.1. The summed E-state index contributed by atoms with van der Waals surface area (Å²) in [6, 6.07) is 7.32. The highest BCUT2D eigenvalue weighted by Crippen LogP contribution is 2.56. The second-order valence-electron chi connectivity index (χ2n) is 3.64. The van der Waals surface area contributed by atoms with Gasteiger partial charge in [-0.1, -0.05) is 18.2 Å². The second-order valence-corrected chi connectivity index (χ2v) is 3.64. The number of anilines is 1. The Bertz CT molecular complexity index is 404. The standard InChI is InChI=1S/C10H8FNO/c11-8-5-10(8)6-3-1-2-4-7(6)12-9(10)13/h1-4,8H,5H2,(H,12,13). The average molecular weight is 177 g/mol. The minimum Gasteiger partial charge on any atom is -0.325 e. The average Bonchev–Trinajstić information content (AvgIpc) is 2.71. The van der Waals surface area contributed by atoms with E-state index in [9.17, 15) is 9.18 Å². The molecular formula is C10H8FNO. The van der Waals surface area contributed by atoms with E-state index in [2.05, 4.69) is 5.32 Å². The number of halogens is 1. The van der Waals surface area contributed by atoms with E-state index >= 15 is 0 Å². The van der Waals surface area contributed by atoms with E-state index < -0.39 is 11.6 Å². The highest BCUT2D eigenvalue weighted by Gasteiger charge is 2.65. The van der Waals surface area contributed by atoms with Crippen LogP contribution in [-0.4, -0.2) is 12.1 Å². The molecule has 1 aliphatic carbocycles. The van der Waals surface area contributed by atoms with E-state index in [-0.39, 0.29) is 5.91 Å². The molecule has 1 aromatic carbocycles. The third-order valence-corrected chi connectivity index (χ3v) is 2.94. The lowest BCUT2D eigenvalue weighted by Crippen LogP contribution is -2.21. The summed E-state index contributed by atoms with van der Waals surface area (Å²) in [7, 11) is 0. The number of benzene rings is 1. The maximum atomic E-state index is 13.1. The van der Waals surface area contributed by atoms with Crippen LogP contribution in [0.3, 0.4) is 0 Å². The number of carbonyl (C=O) groups excluding carboxylic acids is 1. The van der Waals surface area contributed by atoms with Crippen LogP contribution in [-0.2, 0) is 10.2 Å². The van der Waals surface area contributed by atoms with Crippen molar-refractivity contribution in [2.75, 3.05) is 5.32 Å². The minimum atomic E-state index is -0.990. The quantitative estimate of drug-likeness (QED) is 0.641. The fourth-order valence-electron chi connectivity index (χ4n) is 2.07. The first kappa shape index (κ1) is 7.06. The first-order valence-corrected chi connectivity index (χ1v) is 4.30. The first-order chi connectivity index (χ1) is 6.25. The van der Waals surface area contributed by atoms with Crippen molar-refractivity contribution in [3.05, 3.63) is 29.8 Å². The van der Waals surface area contributed by atoms with Crippen molar-refractivity contribution in [1.29, 1.82) is 0 Å². The fraction of sp³-hybridized carbons (Fsp3) is 0.300. The van der Waals surface area contributed by atoms with Crippen molar-refractivity contribution < 1.29 is 9.18 Å². The van der Waals surface area contributed by atoms with E-state index in [0.717, 1.165) is 11.3 Å². The molecule has 1 aliphatic heterocycles. The molecule has 1 N–H and O–H groups in total. The molecule has 2 atom stereocenters. The molecule has 3 heteroatoms. The zero-order valence-electron chi connectivity index (χ0n) is 6.88. The van der Waals surface area contributed by atoms with Gasteiger partial charge in [-0.3, -0.25) is 4.79 Å². The number of fused-ring (bicyclic) bond motifs is 2. The first-order valence-electron chi connectivity index (χ1n) is 4.30. The highest BCUT2D eigenvalue weighted by atomic mass is 19.1. The van der Waals surface area contributed by atoms with Gasteiger partial charge in [0.05, 0.1) is 0 Å². The van der Waals surface area contributed by atoms with Gasteiger partial charge in [0, 0.05) is 12.1 Å². The van der Waals surface area contributed by atoms with Gasteiger partial charge in [-0.05, 0) is 11.6 Å². The molecule has 1 saturated carbocycles. The van der Waals surface area contributed by atoms with Crippen LogP contribution in [0.15, 0.2) is 24.3 Å². The number of alkyl halides is 1. The third kappa shape index (κ3) is 0.658. The summed E-state index contributed by atoms with van der Waals surface area (Å²) >= 11 is 0. The molecule has 3 rings (SSSR count). The van der Waals surface area contributed by atoms with Gasteiger partial charge in [0.15, 0.2) is 0 Å². The molecule has 0 aromatic heterocycles. The fourth-order valence-corrected chi connectivity index (χ4v) is 2.07. The van der Waals surface area contributed by atoms with Crippen LogP contribution in [0.5, 0.6) is 0 Å². The van der Waals surface area contributed by atoms with Crippen molar-refractivity contribution in [3.8, 4) is 0 Å². The summed E-state index contributed by atoms with van der Waals surface area (Å²) in [6.07, 6.45) is -0.647. The van der Waals surface area contributed by atoms with Crippen molar-refractivity contribution in [3.63, 3.8) is 0 Å². The van der Waals surface area contributed by atoms with Crippen LogP contribution in [0.25, 0.3) is 0 Å². The molecule has 2 unspecified atom stereocenters. The summed E-state index contributed by atoms with van der Waals surface area (Å²) in [6.45, 7) is 0. The van der Waals surface area contributed by atoms with Crippen LogP contribution in [0.4, 0.5) is 10.1 Å². The lowest BCUT2D eigenvalue weighted by atomic mass is 9.98. The zero-order valence-corrected chi connectivity index (χ0v) is 6.88. The second kappa shape index (κ2) is 1.92. The Hall–Kier alpha value is -1.38. The van der Waals surface area contributed by atoms with E-state index in [1.165, 1.54) is 0 Å². The van der Waals surface area contributed by atoms with Crippen LogP contribution in [0.2, 0.25) is 0 Å². The summed E-state index contributed by atoms with van der Waals surface area (Å²) in [5.41, 5.74) is 0.775. The molecule has 1 fully saturated rings. The summed E-state index contributed by atoms with van der Waals surface area (Å²) in [5.74, 6) is -0.179. The maximum absolute atomic E-state index is 13.1. The molecule has 1 heterocycles. The Morgan fingerprint density at radius 1 is 1.46 bits per heavy atom. The number of hydrogen-bond acceptors (Lipinski definition) is 1. The van der Waals surface area contributed by atoms with Gasteiger partial charge in [-0.25, -0.2) is 4.39 Å². The molecule has 13 heavy (non-hydrogen) atoms. The van der Waals surface area contributed by atoms with Crippen LogP contribution in [0, 0.1) is 0 Å². The monoisotopic (exact) mass is 177 g/mol. The summed E-state index contributed by atoms with van der Waals surface area (Å²) in [4.78, 5) is 11.5. The predicted octanol–water partition coefficient (Wildman–Crippen LogP) is 1.62. The van der Waals surface area contributed by atoms with Crippen molar-refractivity contribution >= 4 is 11.6 Å². The Morgan fingerprint density at radius 3 is 2.85 bits per heavy atom. The van der Waals surface area contributed by atoms with E-state index in [1.54, 1.807) is 0 Å². The molecule has 1 spiro atoms. The number of rotatable bonds is 0.